The third kappa shape index (κ3) is 3.87. The highest BCUT2D eigenvalue weighted by Gasteiger charge is 2.31. The van der Waals surface area contributed by atoms with E-state index in [9.17, 15) is 4.79 Å². The summed E-state index contributed by atoms with van der Waals surface area (Å²) in [6, 6.07) is 0.185. The number of likely N-dealkylation sites (tertiary alicyclic amines) is 1. The van der Waals surface area contributed by atoms with Crippen LogP contribution in [0.1, 0.15) is 33.6 Å². The molecule has 0 saturated carbocycles. The molecule has 1 aromatic rings. The Hall–Kier alpha value is -1.72. The number of amides is 1. The summed E-state index contributed by atoms with van der Waals surface area (Å²) in [5.41, 5.74) is 0.499. The average molecular weight is 266 g/mol. The molecule has 1 atom stereocenters. The smallest absolute Gasteiger partial charge is 0.410 e. The highest BCUT2D eigenvalue weighted by atomic mass is 16.6. The van der Waals surface area contributed by atoms with Crippen LogP contribution in [0.5, 0.6) is 0 Å². The number of anilines is 1. The van der Waals surface area contributed by atoms with Crippen LogP contribution in [-0.4, -0.2) is 45.9 Å². The van der Waals surface area contributed by atoms with Gasteiger partial charge < -0.3 is 15.0 Å². The van der Waals surface area contributed by atoms with E-state index in [4.69, 9.17) is 4.74 Å². The van der Waals surface area contributed by atoms with Crippen molar-refractivity contribution in [3.63, 3.8) is 0 Å². The van der Waals surface area contributed by atoms with Crippen molar-refractivity contribution >= 4 is 11.8 Å². The maximum Gasteiger partial charge on any atom is 0.410 e. The van der Waals surface area contributed by atoms with E-state index in [0.29, 0.717) is 0 Å². The van der Waals surface area contributed by atoms with Crippen molar-refractivity contribution in [3.8, 4) is 0 Å². The van der Waals surface area contributed by atoms with E-state index >= 15 is 0 Å². The Morgan fingerprint density at radius 1 is 1.63 bits per heavy atom. The molecule has 19 heavy (non-hydrogen) atoms. The van der Waals surface area contributed by atoms with Crippen LogP contribution in [0.4, 0.5) is 10.5 Å². The second-order valence-corrected chi connectivity index (χ2v) is 5.84. The lowest BCUT2D eigenvalue weighted by molar-refractivity contribution is 0.0235. The van der Waals surface area contributed by atoms with Crippen molar-refractivity contribution in [3.05, 3.63) is 12.4 Å². The molecule has 1 fully saturated rings. The highest BCUT2D eigenvalue weighted by molar-refractivity contribution is 5.69. The number of rotatable bonds is 3. The van der Waals surface area contributed by atoms with Crippen LogP contribution in [-0.2, 0) is 4.74 Å². The zero-order chi connectivity index (χ0) is 13.9. The Kier molecular flexibility index (Phi) is 3.97. The molecule has 6 heteroatoms. The number of nitrogens with zero attached hydrogens (tertiary/aromatic N) is 2. The first-order valence-electron chi connectivity index (χ1n) is 6.68. The largest absolute Gasteiger partial charge is 0.444 e. The molecule has 2 rings (SSSR count). The molecule has 0 spiro atoms. The first-order chi connectivity index (χ1) is 8.96. The number of hydrogen-bond acceptors (Lipinski definition) is 4. The number of aromatic amines is 1. The van der Waals surface area contributed by atoms with Crippen LogP contribution in [0, 0.1) is 0 Å². The lowest BCUT2D eigenvalue weighted by Gasteiger charge is -2.28. The molecule has 0 bridgehead atoms. The van der Waals surface area contributed by atoms with E-state index < -0.39 is 5.60 Å². The SMILES string of the molecule is CC(C)(C)OC(=O)N1CCCC1CNc1cn[nH]c1. The van der Waals surface area contributed by atoms with Crippen LogP contribution in [0.15, 0.2) is 12.4 Å². The summed E-state index contributed by atoms with van der Waals surface area (Å²) in [6.07, 6.45) is 5.34. The van der Waals surface area contributed by atoms with Gasteiger partial charge in [0.15, 0.2) is 0 Å². The van der Waals surface area contributed by atoms with Crippen molar-refractivity contribution in [1.29, 1.82) is 0 Å². The fourth-order valence-electron chi connectivity index (χ4n) is 2.19. The molecular formula is C13H22N4O2. The molecule has 1 amide bonds. The molecule has 1 saturated heterocycles. The number of H-pyrrole nitrogens is 1. The number of carbonyl (C=O) groups excluding carboxylic acids is 1. The van der Waals surface area contributed by atoms with Gasteiger partial charge in [0.05, 0.1) is 17.9 Å². The van der Waals surface area contributed by atoms with Crippen LogP contribution in [0.25, 0.3) is 0 Å². The van der Waals surface area contributed by atoms with Gasteiger partial charge >= 0.3 is 6.09 Å². The Morgan fingerprint density at radius 2 is 2.42 bits per heavy atom. The normalized spacial score (nSPS) is 19.5. The van der Waals surface area contributed by atoms with Crippen LogP contribution in [0.3, 0.4) is 0 Å². The summed E-state index contributed by atoms with van der Waals surface area (Å²) < 4.78 is 5.43. The minimum Gasteiger partial charge on any atom is -0.444 e. The fraction of sp³-hybridized carbons (Fsp3) is 0.692. The minimum atomic E-state index is -0.442. The number of aromatic nitrogens is 2. The molecule has 0 aromatic carbocycles. The summed E-state index contributed by atoms with van der Waals surface area (Å²) in [6.45, 7) is 7.16. The number of hydrogen-bond donors (Lipinski definition) is 2. The van der Waals surface area contributed by atoms with Gasteiger partial charge in [-0.05, 0) is 33.6 Å². The van der Waals surface area contributed by atoms with Gasteiger partial charge in [-0.15, -0.1) is 0 Å². The third-order valence-corrected chi connectivity index (χ3v) is 3.05. The van der Waals surface area contributed by atoms with E-state index in [-0.39, 0.29) is 12.1 Å². The van der Waals surface area contributed by atoms with Gasteiger partial charge in [0.1, 0.15) is 5.60 Å². The molecule has 2 N–H and O–H groups in total. The van der Waals surface area contributed by atoms with Crippen molar-refractivity contribution in [2.75, 3.05) is 18.4 Å². The predicted molar refractivity (Wildman–Crippen MR) is 73.0 cm³/mol. The first-order valence-corrected chi connectivity index (χ1v) is 6.68. The van der Waals surface area contributed by atoms with E-state index in [1.54, 1.807) is 12.4 Å². The molecule has 0 aliphatic carbocycles. The standard InChI is InChI=1S/C13H22N4O2/c1-13(2,3)19-12(18)17-6-4-5-11(17)9-14-10-7-15-16-8-10/h7-8,11,14H,4-6,9H2,1-3H3,(H,15,16). The van der Waals surface area contributed by atoms with Gasteiger partial charge in [0.2, 0.25) is 0 Å². The maximum absolute atomic E-state index is 12.1. The van der Waals surface area contributed by atoms with Crippen LogP contribution < -0.4 is 5.32 Å². The molecule has 1 unspecified atom stereocenters. The summed E-state index contributed by atoms with van der Waals surface area (Å²) in [4.78, 5) is 13.9. The second-order valence-electron chi connectivity index (χ2n) is 5.84. The molecular weight excluding hydrogens is 244 g/mol. The van der Waals surface area contributed by atoms with Gasteiger partial charge in [-0.3, -0.25) is 5.10 Å². The molecule has 6 nitrogen and oxygen atoms in total. The summed E-state index contributed by atoms with van der Waals surface area (Å²) in [5.74, 6) is 0. The van der Waals surface area contributed by atoms with E-state index in [0.717, 1.165) is 31.6 Å². The monoisotopic (exact) mass is 266 g/mol. The van der Waals surface area contributed by atoms with Gasteiger partial charge in [0.25, 0.3) is 0 Å². The quantitative estimate of drug-likeness (QED) is 0.880. The maximum atomic E-state index is 12.1. The minimum absolute atomic E-state index is 0.185. The number of ether oxygens (including phenoxy) is 1. The van der Waals surface area contributed by atoms with Gasteiger partial charge in [-0.2, -0.15) is 5.10 Å². The van der Waals surface area contributed by atoms with Crippen molar-refractivity contribution < 1.29 is 9.53 Å². The Balaban J connectivity index is 1.87. The second kappa shape index (κ2) is 5.50. The van der Waals surface area contributed by atoms with E-state index in [1.165, 1.54) is 0 Å². The molecule has 1 aliphatic heterocycles. The Bertz CT molecular complexity index is 411. The van der Waals surface area contributed by atoms with Crippen molar-refractivity contribution in [2.24, 2.45) is 0 Å². The predicted octanol–water partition coefficient (Wildman–Crippen LogP) is 2.22. The number of carbonyl (C=O) groups is 1. The molecule has 106 valence electrons. The third-order valence-electron chi connectivity index (χ3n) is 3.05. The van der Waals surface area contributed by atoms with E-state index in [2.05, 4.69) is 15.5 Å². The lowest BCUT2D eigenvalue weighted by Crippen LogP contribution is -2.42. The zero-order valence-electron chi connectivity index (χ0n) is 11.8. The molecule has 1 aromatic heterocycles. The molecule has 2 heterocycles. The van der Waals surface area contributed by atoms with E-state index in [1.807, 2.05) is 25.7 Å². The van der Waals surface area contributed by atoms with Crippen molar-refractivity contribution in [1.82, 2.24) is 15.1 Å². The average Bonchev–Trinajstić information content (AvgIpc) is 2.95. The Labute approximate surface area is 113 Å². The highest BCUT2D eigenvalue weighted by Crippen LogP contribution is 2.21. The van der Waals surface area contributed by atoms with Crippen LogP contribution >= 0.6 is 0 Å². The topological polar surface area (TPSA) is 70.2 Å². The summed E-state index contributed by atoms with van der Waals surface area (Å²) in [7, 11) is 0. The van der Waals surface area contributed by atoms with Gasteiger partial charge in [0, 0.05) is 19.3 Å². The van der Waals surface area contributed by atoms with Gasteiger partial charge in [-0.25, -0.2) is 4.79 Å². The Morgan fingerprint density at radius 3 is 3.05 bits per heavy atom. The summed E-state index contributed by atoms with van der Waals surface area (Å²) in [5, 5.41) is 9.90. The van der Waals surface area contributed by atoms with Crippen molar-refractivity contribution in [2.45, 2.75) is 45.3 Å². The lowest BCUT2D eigenvalue weighted by atomic mass is 10.2. The summed E-state index contributed by atoms with van der Waals surface area (Å²) >= 11 is 0. The van der Waals surface area contributed by atoms with Gasteiger partial charge in [-0.1, -0.05) is 0 Å². The molecule has 0 radical (unpaired) electrons. The number of nitrogens with one attached hydrogen (secondary N) is 2. The molecule has 1 aliphatic rings. The van der Waals surface area contributed by atoms with Crippen LogP contribution in [0.2, 0.25) is 0 Å². The first kappa shape index (κ1) is 13.7. The zero-order valence-corrected chi connectivity index (χ0v) is 11.8. The fourth-order valence-corrected chi connectivity index (χ4v) is 2.19.